The Kier molecular flexibility index (Phi) is 2.91. The highest BCUT2D eigenvalue weighted by Crippen LogP contribution is 2.18. The molecule has 0 aliphatic carbocycles. The summed E-state index contributed by atoms with van der Waals surface area (Å²) in [5.74, 6) is -0.231. The van der Waals surface area contributed by atoms with Gasteiger partial charge < -0.3 is 9.84 Å². The molecule has 5 nitrogen and oxygen atoms in total. The number of thiophene rings is 1. The van der Waals surface area contributed by atoms with E-state index in [-0.39, 0.29) is 0 Å². The van der Waals surface area contributed by atoms with Crippen molar-refractivity contribution in [2.24, 2.45) is 7.05 Å². The van der Waals surface area contributed by atoms with Crippen LogP contribution in [0, 0.1) is 0 Å². The lowest BCUT2D eigenvalue weighted by atomic mass is 10.4. The predicted octanol–water partition coefficient (Wildman–Crippen LogP) is 1.76. The average Bonchev–Trinajstić information content (AvgIpc) is 2.83. The summed E-state index contributed by atoms with van der Waals surface area (Å²) in [5, 5.41) is 12.7. The van der Waals surface area contributed by atoms with Crippen molar-refractivity contribution in [3.8, 4) is 5.75 Å². The van der Waals surface area contributed by atoms with Crippen LogP contribution < -0.4 is 4.74 Å². The number of aryl methyl sites for hydroxylation is 1. The molecule has 16 heavy (non-hydrogen) atoms. The van der Waals surface area contributed by atoms with Crippen LogP contribution in [0.5, 0.6) is 5.75 Å². The van der Waals surface area contributed by atoms with Gasteiger partial charge in [-0.15, -0.1) is 11.3 Å². The van der Waals surface area contributed by atoms with E-state index in [4.69, 9.17) is 9.84 Å². The number of aromatic nitrogens is 2. The minimum atomic E-state index is -0.905. The Morgan fingerprint density at radius 2 is 2.44 bits per heavy atom. The Morgan fingerprint density at radius 1 is 1.62 bits per heavy atom. The molecule has 0 atom stereocenters. The fourth-order valence-electron chi connectivity index (χ4n) is 1.20. The molecule has 0 aliphatic rings. The first-order valence-electron chi connectivity index (χ1n) is 4.58. The van der Waals surface area contributed by atoms with Crippen molar-refractivity contribution in [1.29, 1.82) is 0 Å². The van der Waals surface area contributed by atoms with Gasteiger partial charge in [-0.3, -0.25) is 4.68 Å². The predicted molar refractivity (Wildman–Crippen MR) is 58.8 cm³/mol. The maximum absolute atomic E-state index is 10.6. The number of ether oxygens (including phenoxy) is 1. The summed E-state index contributed by atoms with van der Waals surface area (Å²) in [4.78, 5) is 11.8. The number of nitrogens with zero attached hydrogens (tertiary/aromatic N) is 2. The average molecular weight is 238 g/mol. The molecule has 0 fully saturated rings. The molecule has 84 valence electrons. The molecule has 0 amide bonds. The second-order valence-electron chi connectivity index (χ2n) is 3.21. The molecule has 2 heterocycles. The zero-order valence-corrected chi connectivity index (χ0v) is 9.40. The molecule has 2 aromatic heterocycles. The molecule has 0 radical (unpaired) electrons. The molecule has 0 spiro atoms. The van der Waals surface area contributed by atoms with E-state index in [1.807, 2.05) is 0 Å². The van der Waals surface area contributed by atoms with Gasteiger partial charge in [0.05, 0.1) is 12.4 Å². The van der Waals surface area contributed by atoms with Crippen molar-refractivity contribution in [2.45, 2.75) is 6.61 Å². The van der Waals surface area contributed by atoms with E-state index in [2.05, 4.69) is 5.10 Å². The molecule has 2 rings (SSSR count). The first-order valence-corrected chi connectivity index (χ1v) is 5.40. The third-order valence-corrected chi connectivity index (χ3v) is 2.98. The summed E-state index contributed by atoms with van der Waals surface area (Å²) in [7, 11) is 1.81. The lowest BCUT2D eigenvalue weighted by Crippen LogP contribution is -1.92. The maximum Gasteiger partial charge on any atom is 0.345 e. The summed E-state index contributed by atoms with van der Waals surface area (Å²) in [5.41, 5.74) is 0. The molecule has 0 saturated heterocycles. The number of aromatic carboxylic acids is 1. The van der Waals surface area contributed by atoms with E-state index >= 15 is 0 Å². The van der Waals surface area contributed by atoms with E-state index in [9.17, 15) is 4.79 Å². The van der Waals surface area contributed by atoms with E-state index < -0.39 is 5.97 Å². The largest absolute Gasteiger partial charge is 0.485 e. The second kappa shape index (κ2) is 4.36. The van der Waals surface area contributed by atoms with Gasteiger partial charge in [-0.25, -0.2) is 4.79 Å². The standard InChI is InChI=1S/C10H10N2O3S/c1-12-5-7(4-11-12)15-6-8-2-3-9(16-8)10(13)14/h2-5H,6H2,1H3,(H,13,14). The Balaban J connectivity index is 1.97. The number of hydrogen-bond acceptors (Lipinski definition) is 4. The van der Waals surface area contributed by atoms with Gasteiger partial charge in [0.15, 0.2) is 5.75 Å². The lowest BCUT2D eigenvalue weighted by Gasteiger charge is -1.99. The van der Waals surface area contributed by atoms with Crippen LogP contribution in [0.4, 0.5) is 0 Å². The lowest BCUT2D eigenvalue weighted by molar-refractivity contribution is 0.0702. The minimum Gasteiger partial charge on any atom is -0.485 e. The van der Waals surface area contributed by atoms with Gasteiger partial charge in [0, 0.05) is 11.9 Å². The molecule has 0 saturated carbocycles. The third kappa shape index (κ3) is 2.40. The summed E-state index contributed by atoms with van der Waals surface area (Å²) in [6, 6.07) is 3.33. The number of rotatable bonds is 4. The van der Waals surface area contributed by atoms with Gasteiger partial charge in [-0.05, 0) is 12.1 Å². The van der Waals surface area contributed by atoms with E-state index in [1.54, 1.807) is 36.3 Å². The van der Waals surface area contributed by atoms with Crippen molar-refractivity contribution < 1.29 is 14.6 Å². The van der Waals surface area contributed by atoms with Gasteiger partial charge in [0.1, 0.15) is 11.5 Å². The maximum atomic E-state index is 10.6. The van der Waals surface area contributed by atoms with Crippen molar-refractivity contribution in [2.75, 3.05) is 0 Å². The van der Waals surface area contributed by atoms with Crippen LogP contribution in [0.2, 0.25) is 0 Å². The summed E-state index contributed by atoms with van der Waals surface area (Å²) < 4.78 is 7.09. The number of carboxylic acid groups (broad SMARTS) is 1. The number of carbonyl (C=O) groups is 1. The zero-order valence-electron chi connectivity index (χ0n) is 8.58. The highest BCUT2D eigenvalue weighted by molar-refractivity contribution is 7.13. The van der Waals surface area contributed by atoms with Crippen LogP contribution in [0.25, 0.3) is 0 Å². The normalized spacial score (nSPS) is 10.3. The van der Waals surface area contributed by atoms with E-state index in [1.165, 1.54) is 11.3 Å². The molecular weight excluding hydrogens is 228 g/mol. The van der Waals surface area contributed by atoms with Gasteiger partial charge in [0.25, 0.3) is 0 Å². The van der Waals surface area contributed by atoms with E-state index in [0.717, 1.165) is 4.88 Å². The number of carboxylic acids is 1. The summed E-state index contributed by atoms with van der Waals surface area (Å²) in [6.07, 6.45) is 3.37. The van der Waals surface area contributed by atoms with Gasteiger partial charge in [-0.2, -0.15) is 5.10 Å². The van der Waals surface area contributed by atoms with Crippen LogP contribution in [0.3, 0.4) is 0 Å². The van der Waals surface area contributed by atoms with Crippen molar-refractivity contribution in [3.63, 3.8) is 0 Å². The molecule has 0 aliphatic heterocycles. The quantitative estimate of drug-likeness (QED) is 0.881. The summed E-state index contributed by atoms with van der Waals surface area (Å²) in [6.45, 7) is 0.365. The molecule has 0 bridgehead atoms. The van der Waals surface area contributed by atoms with Gasteiger partial charge >= 0.3 is 5.97 Å². The second-order valence-corrected chi connectivity index (χ2v) is 4.38. The zero-order chi connectivity index (χ0) is 11.5. The summed E-state index contributed by atoms with van der Waals surface area (Å²) >= 11 is 1.22. The topological polar surface area (TPSA) is 64.3 Å². The molecule has 0 unspecified atom stereocenters. The van der Waals surface area contributed by atoms with Gasteiger partial charge in [0.2, 0.25) is 0 Å². The third-order valence-electron chi connectivity index (χ3n) is 1.93. The molecule has 1 N–H and O–H groups in total. The highest BCUT2D eigenvalue weighted by atomic mass is 32.1. The van der Waals surface area contributed by atoms with Crippen LogP contribution in [-0.2, 0) is 13.7 Å². The SMILES string of the molecule is Cn1cc(OCc2ccc(C(=O)O)s2)cn1. The Hall–Kier alpha value is -1.82. The number of hydrogen-bond donors (Lipinski definition) is 1. The van der Waals surface area contributed by atoms with Crippen molar-refractivity contribution >= 4 is 17.3 Å². The fraction of sp³-hybridized carbons (Fsp3) is 0.200. The monoisotopic (exact) mass is 238 g/mol. The first-order chi connectivity index (χ1) is 7.65. The Bertz CT molecular complexity index is 504. The van der Waals surface area contributed by atoms with Gasteiger partial charge in [-0.1, -0.05) is 0 Å². The van der Waals surface area contributed by atoms with Crippen LogP contribution in [-0.4, -0.2) is 20.9 Å². The fourth-order valence-corrected chi connectivity index (χ4v) is 1.96. The Morgan fingerprint density at radius 3 is 3.00 bits per heavy atom. The highest BCUT2D eigenvalue weighted by Gasteiger charge is 2.07. The smallest absolute Gasteiger partial charge is 0.345 e. The molecule has 6 heteroatoms. The molecular formula is C10H10N2O3S. The molecule has 0 aromatic carbocycles. The first kappa shape index (κ1) is 10.7. The van der Waals surface area contributed by atoms with Crippen LogP contribution >= 0.6 is 11.3 Å². The van der Waals surface area contributed by atoms with Crippen LogP contribution in [0.15, 0.2) is 24.5 Å². The Labute approximate surface area is 95.9 Å². The van der Waals surface area contributed by atoms with E-state index in [0.29, 0.717) is 17.2 Å². The molecule has 2 aromatic rings. The van der Waals surface area contributed by atoms with Crippen LogP contribution in [0.1, 0.15) is 14.5 Å². The van der Waals surface area contributed by atoms with Crippen molar-refractivity contribution in [3.05, 3.63) is 34.3 Å². The van der Waals surface area contributed by atoms with Crippen molar-refractivity contribution in [1.82, 2.24) is 9.78 Å². The minimum absolute atomic E-state index is 0.324.